The van der Waals surface area contributed by atoms with Gasteiger partial charge in [0.05, 0.1) is 23.9 Å². The number of hydrogen-bond donors (Lipinski definition) is 0. The quantitative estimate of drug-likeness (QED) is 0.800. The van der Waals surface area contributed by atoms with Gasteiger partial charge in [0.25, 0.3) is 0 Å². The van der Waals surface area contributed by atoms with E-state index in [9.17, 15) is 8.42 Å². The highest BCUT2D eigenvalue weighted by Crippen LogP contribution is 2.38. The molecule has 5 nitrogen and oxygen atoms in total. The maximum atomic E-state index is 12.4. The van der Waals surface area contributed by atoms with Crippen LogP contribution < -0.4 is 0 Å². The van der Waals surface area contributed by atoms with Crippen LogP contribution in [0.3, 0.4) is 0 Å². The number of ether oxygens (including phenoxy) is 1. The van der Waals surface area contributed by atoms with Gasteiger partial charge in [-0.05, 0) is 30.9 Å². The molecule has 1 saturated carbocycles. The Labute approximate surface area is 144 Å². The van der Waals surface area contributed by atoms with Crippen molar-refractivity contribution in [1.82, 2.24) is 9.80 Å². The van der Waals surface area contributed by atoms with Gasteiger partial charge in [-0.25, -0.2) is 8.42 Å². The third kappa shape index (κ3) is 3.52. The monoisotopic (exact) mass is 350 g/mol. The van der Waals surface area contributed by atoms with Gasteiger partial charge in [-0.1, -0.05) is 18.2 Å². The van der Waals surface area contributed by atoms with Gasteiger partial charge in [-0.15, -0.1) is 0 Å². The minimum absolute atomic E-state index is 0.191. The van der Waals surface area contributed by atoms with Crippen LogP contribution >= 0.6 is 0 Å². The lowest BCUT2D eigenvalue weighted by Crippen LogP contribution is -2.62. The average Bonchev–Trinajstić information content (AvgIpc) is 3.45. The highest BCUT2D eigenvalue weighted by atomic mass is 32.2. The predicted octanol–water partition coefficient (Wildman–Crippen LogP) is 1.26. The first kappa shape index (κ1) is 16.5. The second-order valence-corrected chi connectivity index (χ2v) is 9.38. The van der Waals surface area contributed by atoms with Crippen LogP contribution in [-0.2, 0) is 14.6 Å². The van der Waals surface area contributed by atoms with E-state index in [0.29, 0.717) is 23.5 Å². The van der Waals surface area contributed by atoms with Crippen molar-refractivity contribution in [3.63, 3.8) is 0 Å². The van der Waals surface area contributed by atoms with E-state index in [4.69, 9.17) is 4.74 Å². The summed E-state index contributed by atoms with van der Waals surface area (Å²) >= 11 is 0. The summed E-state index contributed by atoms with van der Waals surface area (Å²) in [5, 5.41) is 0. The first-order chi connectivity index (χ1) is 11.6. The second-order valence-electron chi connectivity index (χ2n) is 7.27. The van der Waals surface area contributed by atoms with Gasteiger partial charge in [-0.2, -0.15) is 0 Å². The fourth-order valence-electron chi connectivity index (χ4n) is 4.03. The van der Waals surface area contributed by atoms with E-state index < -0.39 is 9.84 Å². The molecule has 0 unspecified atom stereocenters. The smallest absolute Gasteiger partial charge is 0.179 e. The average molecular weight is 350 g/mol. The highest BCUT2D eigenvalue weighted by Gasteiger charge is 2.42. The minimum Gasteiger partial charge on any atom is -0.378 e. The van der Waals surface area contributed by atoms with Gasteiger partial charge < -0.3 is 4.74 Å². The summed E-state index contributed by atoms with van der Waals surface area (Å²) in [6, 6.07) is 9.80. The number of benzene rings is 1. The van der Waals surface area contributed by atoms with E-state index in [-0.39, 0.29) is 5.75 Å². The number of piperazine rings is 1. The van der Waals surface area contributed by atoms with E-state index in [1.54, 1.807) is 24.3 Å². The van der Waals surface area contributed by atoms with Gasteiger partial charge in [0, 0.05) is 38.3 Å². The van der Waals surface area contributed by atoms with Crippen LogP contribution in [0.1, 0.15) is 12.8 Å². The topological polar surface area (TPSA) is 49.9 Å². The Morgan fingerprint density at radius 2 is 1.88 bits per heavy atom. The molecular formula is C18H26N2O3S. The molecule has 0 amide bonds. The van der Waals surface area contributed by atoms with Crippen LogP contribution in [0.2, 0.25) is 0 Å². The molecule has 1 aromatic rings. The van der Waals surface area contributed by atoms with E-state index in [2.05, 4.69) is 9.80 Å². The number of fused-ring (bicyclic) bond motifs is 1. The normalized spacial score (nSPS) is 29.3. The molecule has 3 fully saturated rings. The van der Waals surface area contributed by atoms with Crippen molar-refractivity contribution >= 4 is 9.84 Å². The van der Waals surface area contributed by atoms with E-state index in [0.717, 1.165) is 38.8 Å². The van der Waals surface area contributed by atoms with Crippen LogP contribution in [0.5, 0.6) is 0 Å². The summed E-state index contributed by atoms with van der Waals surface area (Å²) in [5.74, 6) is 1.02. The molecule has 4 rings (SSSR count). The summed E-state index contributed by atoms with van der Waals surface area (Å²) < 4.78 is 30.7. The van der Waals surface area contributed by atoms with Crippen LogP contribution in [-0.4, -0.2) is 75.4 Å². The summed E-state index contributed by atoms with van der Waals surface area (Å²) in [4.78, 5) is 5.35. The molecule has 0 radical (unpaired) electrons. The van der Waals surface area contributed by atoms with Crippen molar-refractivity contribution in [3.8, 4) is 0 Å². The fraction of sp³-hybridized carbons (Fsp3) is 0.667. The van der Waals surface area contributed by atoms with Crippen molar-refractivity contribution in [2.24, 2.45) is 5.92 Å². The van der Waals surface area contributed by atoms with Gasteiger partial charge in [0.2, 0.25) is 0 Å². The van der Waals surface area contributed by atoms with Crippen LogP contribution in [0, 0.1) is 5.92 Å². The molecule has 2 heterocycles. The largest absolute Gasteiger partial charge is 0.378 e. The van der Waals surface area contributed by atoms with Crippen molar-refractivity contribution < 1.29 is 13.2 Å². The van der Waals surface area contributed by atoms with Crippen molar-refractivity contribution in [1.29, 1.82) is 0 Å². The van der Waals surface area contributed by atoms with Crippen LogP contribution in [0.15, 0.2) is 35.2 Å². The van der Waals surface area contributed by atoms with Crippen LogP contribution in [0.4, 0.5) is 0 Å². The molecule has 6 heteroatoms. The van der Waals surface area contributed by atoms with E-state index in [1.807, 2.05) is 6.07 Å². The maximum Gasteiger partial charge on any atom is 0.179 e. The molecule has 3 aliphatic rings. The Hall–Kier alpha value is -0.950. The Morgan fingerprint density at radius 1 is 1.08 bits per heavy atom. The van der Waals surface area contributed by atoms with Gasteiger partial charge >= 0.3 is 0 Å². The second kappa shape index (κ2) is 6.75. The zero-order valence-corrected chi connectivity index (χ0v) is 14.8. The van der Waals surface area contributed by atoms with Crippen molar-refractivity contribution in [2.45, 2.75) is 29.8 Å². The highest BCUT2D eigenvalue weighted by molar-refractivity contribution is 7.91. The summed E-state index contributed by atoms with van der Waals surface area (Å²) in [6.07, 6.45) is 2.69. The molecule has 2 atom stereocenters. The Morgan fingerprint density at radius 3 is 2.62 bits per heavy atom. The Bertz CT molecular complexity index is 660. The lowest BCUT2D eigenvalue weighted by atomic mass is 10.0. The molecule has 0 aromatic heterocycles. The molecular weight excluding hydrogens is 324 g/mol. The molecule has 132 valence electrons. The lowest BCUT2D eigenvalue weighted by molar-refractivity contribution is -0.0859. The number of sulfone groups is 1. The summed E-state index contributed by atoms with van der Waals surface area (Å²) in [7, 11) is -3.19. The van der Waals surface area contributed by atoms with Gasteiger partial charge in [-0.3, -0.25) is 9.80 Å². The molecule has 2 aliphatic heterocycles. The molecule has 1 aliphatic carbocycles. The van der Waals surface area contributed by atoms with Crippen molar-refractivity contribution in [3.05, 3.63) is 30.3 Å². The number of rotatable bonds is 5. The molecule has 1 aromatic carbocycles. The zero-order valence-electron chi connectivity index (χ0n) is 14.0. The fourth-order valence-corrected chi connectivity index (χ4v) is 5.33. The first-order valence-electron chi connectivity index (χ1n) is 8.97. The number of nitrogens with zero attached hydrogens (tertiary/aromatic N) is 2. The van der Waals surface area contributed by atoms with E-state index in [1.165, 1.54) is 12.8 Å². The molecule has 0 bridgehead atoms. The summed E-state index contributed by atoms with van der Waals surface area (Å²) in [6.45, 7) is 5.20. The SMILES string of the molecule is O=S(=O)(CCN1CCN2[C@@H](COC[C@@H]2C2CC2)C1)c1ccccc1. The minimum atomic E-state index is -3.19. The Kier molecular flexibility index (Phi) is 4.64. The number of hydrogen-bond acceptors (Lipinski definition) is 5. The third-order valence-corrected chi connectivity index (χ3v) is 7.29. The number of morpholine rings is 1. The standard InChI is InChI=1S/C18H26N2O3S/c21-24(22,17-4-2-1-3-5-17)11-10-19-8-9-20-16(12-19)13-23-14-18(20)15-6-7-15/h1-5,15-16,18H,6-14H2/t16-,18-/m1/s1. The lowest BCUT2D eigenvalue weighted by Gasteiger charge is -2.48. The Balaban J connectivity index is 1.34. The van der Waals surface area contributed by atoms with Crippen molar-refractivity contribution in [2.75, 3.05) is 45.1 Å². The molecule has 0 spiro atoms. The molecule has 0 N–H and O–H groups in total. The third-order valence-electron chi connectivity index (χ3n) is 5.58. The van der Waals surface area contributed by atoms with Gasteiger partial charge in [0.1, 0.15) is 0 Å². The maximum absolute atomic E-state index is 12.4. The molecule has 24 heavy (non-hydrogen) atoms. The molecule has 2 saturated heterocycles. The van der Waals surface area contributed by atoms with E-state index >= 15 is 0 Å². The predicted molar refractivity (Wildman–Crippen MR) is 92.8 cm³/mol. The summed E-state index contributed by atoms with van der Waals surface area (Å²) in [5.41, 5.74) is 0. The van der Waals surface area contributed by atoms with Gasteiger partial charge in [0.15, 0.2) is 9.84 Å². The van der Waals surface area contributed by atoms with Crippen LogP contribution in [0.25, 0.3) is 0 Å². The first-order valence-corrected chi connectivity index (χ1v) is 10.6. The zero-order chi connectivity index (χ0) is 16.6.